The second kappa shape index (κ2) is 7.41. The van der Waals surface area contributed by atoms with Crippen molar-refractivity contribution in [2.75, 3.05) is 0 Å². The molecule has 0 saturated carbocycles. The van der Waals surface area contributed by atoms with Gasteiger partial charge >= 0.3 is 0 Å². The highest BCUT2D eigenvalue weighted by atomic mass is 16.8. The number of carbonyl (C=O) groups is 2. The van der Waals surface area contributed by atoms with E-state index in [0.717, 1.165) is 0 Å². The molecule has 2 aromatic carbocycles. The summed E-state index contributed by atoms with van der Waals surface area (Å²) in [5.41, 5.74) is 0.674. The number of hydrazone groups is 1. The predicted molar refractivity (Wildman–Crippen MR) is 92.9 cm³/mol. The van der Waals surface area contributed by atoms with E-state index in [1.165, 1.54) is 43.3 Å². The zero-order valence-electron chi connectivity index (χ0n) is 14.1. The molecule has 0 saturated heterocycles. The van der Waals surface area contributed by atoms with Crippen LogP contribution in [0.5, 0.6) is 5.75 Å². The van der Waals surface area contributed by atoms with E-state index in [2.05, 4.69) is 15.3 Å². The Hall–Kier alpha value is -3.47. The summed E-state index contributed by atoms with van der Waals surface area (Å²) in [6, 6.07) is 10.4. The third-order valence-electron chi connectivity index (χ3n) is 3.83. The summed E-state index contributed by atoms with van der Waals surface area (Å²) in [5.74, 6) is -1.71. The fourth-order valence-electron chi connectivity index (χ4n) is 2.40. The molecule has 3 N–H and O–H groups in total. The van der Waals surface area contributed by atoms with Crippen molar-refractivity contribution in [3.05, 3.63) is 59.3 Å². The smallest absolute Gasteiger partial charge is 0.285 e. The highest BCUT2D eigenvalue weighted by Gasteiger charge is 2.38. The Bertz CT molecular complexity index is 939. The molecule has 2 unspecified atom stereocenters. The lowest BCUT2D eigenvalue weighted by Gasteiger charge is -2.11. The van der Waals surface area contributed by atoms with Gasteiger partial charge in [-0.05, 0) is 31.2 Å². The zero-order valence-corrected chi connectivity index (χ0v) is 14.1. The molecular formula is C17H15N5O5. The van der Waals surface area contributed by atoms with E-state index in [1.54, 1.807) is 12.1 Å². The minimum Gasteiger partial charge on any atom is -0.595 e. The van der Waals surface area contributed by atoms with Gasteiger partial charge in [0.1, 0.15) is 5.75 Å². The Morgan fingerprint density at radius 1 is 1.22 bits per heavy atom. The Labute approximate surface area is 153 Å². The molecule has 10 heteroatoms. The molecule has 3 rings (SSSR count). The van der Waals surface area contributed by atoms with Gasteiger partial charge in [-0.2, -0.15) is 25.6 Å². The number of hydrogen-bond donors (Lipinski definition) is 3. The summed E-state index contributed by atoms with van der Waals surface area (Å²) in [4.78, 5) is 24.9. The van der Waals surface area contributed by atoms with E-state index in [9.17, 15) is 19.9 Å². The van der Waals surface area contributed by atoms with Gasteiger partial charge < -0.3 is 10.3 Å². The van der Waals surface area contributed by atoms with Crippen LogP contribution >= 0.6 is 0 Å². The molecule has 0 radical (unpaired) electrons. The Morgan fingerprint density at radius 2 is 1.89 bits per heavy atom. The van der Waals surface area contributed by atoms with Gasteiger partial charge in [0.15, 0.2) is 11.7 Å². The number of phenolic OH excluding ortho intramolecular Hbond substituents is 1. The summed E-state index contributed by atoms with van der Waals surface area (Å²) in [7, 11) is 0. The zero-order chi connectivity index (χ0) is 19.6. The van der Waals surface area contributed by atoms with Crippen LogP contribution in [-0.4, -0.2) is 38.9 Å². The van der Waals surface area contributed by atoms with E-state index in [1.807, 2.05) is 0 Å². The maximum absolute atomic E-state index is 12.5. The fourth-order valence-corrected chi connectivity index (χ4v) is 2.40. The van der Waals surface area contributed by atoms with Gasteiger partial charge in [0.25, 0.3) is 11.8 Å². The lowest BCUT2D eigenvalue weighted by atomic mass is 10.1. The molecule has 1 aliphatic heterocycles. The van der Waals surface area contributed by atoms with Crippen molar-refractivity contribution in [3.63, 3.8) is 0 Å². The molecule has 0 aromatic heterocycles. The summed E-state index contributed by atoms with van der Waals surface area (Å²) in [6.07, 6.45) is 0. The number of azo groups is 1. The SMILES string of the molecule is CC1=NN(C(=O)c2ccccc2O)C(=O)C1N=Nc1ccc([NH+]([O-])O)cc1. The summed E-state index contributed by atoms with van der Waals surface area (Å²) < 4.78 is 0. The number of rotatable bonds is 4. The van der Waals surface area contributed by atoms with Gasteiger partial charge in [-0.25, -0.2) is 5.21 Å². The molecule has 2 aromatic rings. The van der Waals surface area contributed by atoms with Gasteiger partial charge in [0, 0.05) is 12.1 Å². The quantitative estimate of drug-likeness (QED) is 0.423. The minimum atomic E-state index is -1.07. The average molecular weight is 369 g/mol. The Balaban J connectivity index is 1.77. The fraction of sp³-hybridized carbons (Fsp3) is 0.118. The first-order chi connectivity index (χ1) is 12.9. The number of hydrogen-bond acceptors (Lipinski definition) is 8. The van der Waals surface area contributed by atoms with Crippen molar-refractivity contribution >= 4 is 28.9 Å². The molecule has 10 nitrogen and oxygen atoms in total. The van der Waals surface area contributed by atoms with Crippen LogP contribution in [0.1, 0.15) is 17.3 Å². The number of carbonyl (C=O) groups excluding carboxylic acids is 2. The number of nitrogens with one attached hydrogen (secondary N) is 1. The second-order valence-corrected chi connectivity index (χ2v) is 5.68. The Morgan fingerprint density at radius 3 is 2.52 bits per heavy atom. The molecular weight excluding hydrogens is 354 g/mol. The molecule has 0 aliphatic carbocycles. The number of quaternary nitrogens is 1. The van der Waals surface area contributed by atoms with Crippen molar-refractivity contribution in [3.8, 4) is 5.75 Å². The summed E-state index contributed by atoms with van der Waals surface area (Å²) >= 11 is 0. The van der Waals surface area contributed by atoms with Gasteiger partial charge in [-0.3, -0.25) is 9.59 Å². The summed E-state index contributed by atoms with van der Waals surface area (Å²) in [5, 5.41) is 40.8. The lowest BCUT2D eigenvalue weighted by Crippen LogP contribution is -2.99. The van der Waals surface area contributed by atoms with Crippen LogP contribution in [-0.2, 0) is 4.79 Å². The molecule has 0 bridgehead atoms. The predicted octanol–water partition coefficient (Wildman–Crippen LogP) is 1.31. The molecule has 1 heterocycles. The van der Waals surface area contributed by atoms with E-state index in [0.29, 0.717) is 10.7 Å². The molecule has 2 amide bonds. The average Bonchev–Trinajstić information content (AvgIpc) is 2.94. The number of nitrogens with zero attached hydrogens (tertiary/aromatic N) is 4. The second-order valence-electron chi connectivity index (χ2n) is 5.68. The number of amides is 2. The summed E-state index contributed by atoms with van der Waals surface area (Å²) in [6.45, 7) is 1.53. The maximum Gasteiger partial charge on any atom is 0.285 e. The van der Waals surface area contributed by atoms with Gasteiger partial charge in [0.05, 0.1) is 17.0 Å². The van der Waals surface area contributed by atoms with Crippen molar-refractivity contribution in [2.45, 2.75) is 13.0 Å². The highest BCUT2D eigenvalue weighted by molar-refractivity contribution is 6.18. The molecule has 2 atom stereocenters. The highest BCUT2D eigenvalue weighted by Crippen LogP contribution is 2.23. The maximum atomic E-state index is 12.5. The van der Waals surface area contributed by atoms with Crippen LogP contribution in [0, 0.1) is 5.21 Å². The molecule has 0 fully saturated rings. The first-order valence-corrected chi connectivity index (χ1v) is 7.84. The van der Waals surface area contributed by atoms with E-state index in [-0.39, 0.29) is 22.7 Å². The Kier molecular flexibility index (Phi) is 5.03. The van der Waals surface area contributed by atoms with Gasteiger partial charge in [-0.1, -0.05) is 12.1 Å². The molecule has 138 valence electrons. The van der Waals surface area contributed by atoms with Crippen molar-refractivity contribution in [1.82, 2.24) is 5.01 Å². The largest absolute Gasteiger partial charge is 0.595 e. The van der Waals surface area contributed by atoms with Crippen LogP contribution in [0.15, 0.2) is 63.9 Å². The van der Waals surface area contributed by atoms with Crippen LogP contribution in [0.4, 0.5) is 11.4 Å². The van der Waals surface area contributed by atoms with Gasteiger partial charge in [0.2, 0.25) is 0 Å². The molecule has 27 heavy (non-hydrogen) atoms. The van der Waals surface area contributed by atoms with Crippen LogP contribution in [0.3, 0.4) is 0 Å². The molecule has 1 aliphatic rings. The van der Waals surface area contributed by atoms with Crippen molar-refractivity contribution < 1.29 is 25.1 Å². The van der Waals surface area contributed by atoms with Gasteiger partial charge in [-0.15, -0.1) is 0 Å². The number of benzene rings is 2. The lowest BCUT2D eigenvalue weighted by molar-refractivity contribution is -0.991. The third-order valence-corrected chi connectivity index (χ3v) is 3.83. The normalized spacial score (nSPS) is 18.0. The first kappa shape index (κ1) is 18.3. The van der Waals surface area contributed by atoms with Crippen LogP contribution in [0.25, 0.3) is 0 Å². The standard InChI is InChI=1S/C17H15N5O5/c1-10-15(19-18-11-6-8-12(9-7-11)22(26)27)17(25)21(20-10)16(24)13-4-2-3-5-14(13)23/h2-9,15,22-23,26H,1H3. The first-order valence-electron chi connectivity index (χ1n) is 7.84. The van der Waals surface area contributed by atoms with E-state index in [4.69, 9.17) is 5.21 Å². The van der Waals surface area contributed by atoms with Crippen molar-refractivity contribution in [1.29, 1.82) is 0 Å². The van der Waals surface area contributed by atoms with E-state index < -0.39 is 23.1 Å². The number of imide groups is 1. The number of para-hydroxylation sites is 1. The number of phenols is 1. The van der Waals surface area contributed by atoms with E-state index >= 15 is 0 Å². The van der Waals surface area contributed by atoms with Crippen LogP contribution in [0.2, 0.25) is 0 Å². The topological polar surface area (TPSA) is 142 Å². The minimum absolute atomic E-state index is 0.0516. The number of aromatic hydroxyl groups is 1. The van der Waals surface area contributed by atoms with Crippen molar-refractivity contribution in [2.24, 2.45) is 15.3 Å². The monoisotopic (exact) mass is 369 g/mol. The third kappa shape index (κ3) is 3.72. The van der Waals surface area contributed by atoms with Crippen LogP contribution < -0.4 is 5.23 Å². The molecule has 0 spiro atoms.